The lowest BCUT2D eigenvalue weighted by Gasteiger charge is -2.11. The largest absolute Gasteiger partial charge is 0.382 e. The van der Waals surface area contributed by atoms with E-state index in [0.717, 1.165) is 24.4 Å². The molecule has 5 nitrogen and oxygen atoms in total. The summed E-state index contributed by atoms with van der Waals surface area (Å²) in [6.45, 7) is 2.78. The van der Waals surface area contributed by atoms with Crippen molar-refractivity contribution in [2.45, 2.75) is 35.2 Å². The Hall–Kier alpha value is -0.470. The second-order valence-electron chi connectivity index (χ2n) is 4.40. The van der Waals surface area contributed by atoms with E-state index in [9.17, 15) is 8.42 Å². The first-order chi connectivity index (χ1) is 8.46. The summed E-state index contributed by atoms with van der Waals surface area (Å²) in [7, 11) is -3.28. The molecule has 0 aliphatic heterocycles. The van der Waals surface area contributed by atoms with Crippen LogP contribution in [0.2, 0.25) is 0 Å². The number of nitrogens with two attached hydrogens (primary N) is 1. The second-order valence-corrected chi connectivity index (χ2v) is 8.61. The van der Waals surface area contributed by atoms with Gasteiger partial charge in [-0.3, -0.25) is 0 Å². The van der Waals surface area contributed by atoms with Crippen LogP contribution in [-0.2, 0) is 9.84 Å². The van der Waals surface area contributed by atoms with Gasteiger partial charge in [0.2, 0.25) is 0 Å². The van der Waals surface area contributed by atoms with Gasteiger partial charge in [0, 0.05) is 11.8 Å². The van der Waals surface area contributed by atoms with Crippen molar-refractivity contribution in [2.24, 2.45) is 0 Å². The summed E-state index contributed by atoms with van der Waals surface area (Å²) in [6.07, 6.45) is 3.49. The van der Waals surface area contributed by atoms with Crippen LogP contribution in [0.25, 0.3) is 0 Å². The average Bonchev–Trinajstić information content (AvgIpc) is 3.11. The monoisotopic (exact) mass is 307 g/mol. The van der Waals surface area contributed by atoms with Crippen LogP contribution in [0.5, 0.6) is 0 Å². The highest BCUT2D eigenvalue weighted by atomic mass is 32.2. The van der Waals surface area contributed by atoms with Crippen molar-refractivity contribution in [3.63, 3.8) is 0 Å². The number of nitrogens with one attached hydrogen (secondary N) is 1. The number of anilines is 2. The predicted molar refractivity (Wildman–Crippen MR) is 78.2 cm³/mol. The molecule has 1 heterocycles. The third-order valence-corrected chi connectivity index (χ3v) is 7.13. The molecule has 18 heavy (non-hydrogen) atoms. The summed E-state index contributed by atoms with van der Waals surface area (Å²) < 4.78 is 28.5. The highest BCUT2D eigenvalue weighted by Gasteiger charge is 2.40. The van der Waals surface area contributed by atoms with Gasteiger partial charge in [-0.15, -0.1) is 0 Å². The first kappa shape index (κ1) is 14.0. The molecule has 0 aromatic carbocycles. The fraction of sp³-hybridized carbons (Fsp3) is 0.700. The number of nitrogen functional groups attached to an aromatic ring is 1. The molecule has 0 bridgehead atoms. The van der Waals surface area contributed by atoms with Crippen LogP contribution in [-0.4, -0.2) is 36.1 Å². The fourth-order valence-electron chi connectivity index (χ4n) is 1.55. The maximum absolute atomic E-state index is 12.3. The topological polar surface area (TPSA) is 85.1 Å². The van der Waals surface area contributed by atoms with Gasteiger partial charge in [0.05, 0.1) is 5.25 Å². The van der Waals surface area contributed by atoms with Gasteiger partial charge in [0.15, 0.2) is 15.7 Å². The Morgan fingerprint density at radius 1 is 1.61 bits per heavy atom. The molecule has 102 valence electrons. The number of aromatic nitrogens is 1. The van der Waals surface area contributed by atoms with Gasteiger partial charge < -0.3 is 11.1 Å². The molecule has 3 N–H and O–H groups in total. The summed E-state index contributed by atoms with van der Waals surface area (Å²) in [5.74, 6) is 0.131. The highest BCUT2D eigenvalue weighted by molar-refractivity contribution is 7.99. The molecule has 1 aromatic heterocycles. The molecule has 2 rings (SSSR count). The predicted octanol–water partition coefficient (Wildman–Crippen LogP) is 1.82. The third-order valence-electron chi connectivity index (χ3n) is 2.87. The summed E-state index contributed by atoms with van der Waals surface area (Å²) in [4.78, 5) is 0.211. The lowest BCUT2D eigenvalue weighted by atomic mass is 10.4. The zero-order valence-corrected chi connectivity index (χ0v) is 12.8. The molecule has 0 spiro atoms. The normalized spacial score (nSPS) is 17.7. The molecule has 8 heteroatoms. The Morgan fingerprint density at radius 2 is 2.28 bits per heavy atom. The van der Waals surface area contributed by atoms with Gasteiger partial charge in [0.1, 0.15) is 9.90 Å². The Kier molecular flexibility index (Phi) is 4.08. The molecule has 1 saturated carbocycles. The number of hydrogen-bond donors (Lipinski definition) is 2. The van der Waals surface area contributed by atoms with Crippen LogP contribution in [0.3, 0.4) is 0 Å². The van der Waals surface area contributed by atoms with Crippen molar-refractivity contribution < 1.29 is 8.42 Å². The maximum atomic E-state index is 12.3. The van der Waals surface area contributed by atoms with Crippen LogP contribution in [0.15, 0.2) is 4.90 Å². The number of rotatable bonds is 6. The number of hydrogen-bond acceptors (Lipinski definition) is 7. The summed E-state index contributed by atoms with van der Waals surface area (Å²) in [5, 5.41) is 3.89. The molecular formula is C10H17N3O2S3. The Morgan fingerprint density at radius 3 is 2.83 bits per heavy atom. The SMILES string of the molecule is CSC(C)CNc1snc(N)c1S(=O)(=O)C1CC1. The van der Waals surface area contributed by atoms with Gasteiger partial charge >= 0.3 is 0 Å². The molecule has 1 aliphatic carbocycles. The smallest absolute Gasteiger partial charge is 0.187 e. The van der Waals surface area contributed by atoms with Crippen LogP contribution in [0, 0.1) is 0 Å². The van der Waals surface area contributed by atoms with Crippen molar-refractivity contribution in [2.75, 3.05) is 23.9 Å². The Labute approximate surface area is 116 Å². The standard InChI is InChI=1S/C10H17N3O2S3/c1-6(16-2)5-12-10-8(9(11)13-17-10)18(14,15)7-3-4-7/h6-7,12H,3-5H2,1-2H3,(H2,11,13). The van der Waals surface area contributed by atoms with Crippen LogP contribution in [0.1, 0.15) is 19.8 Å². The van der Waals surface area contributed by atoms with Crippen molar-refractivity contribution in [1.82, 2.24) is 4.37 Å². The zero-order chi connectivity index (χ0) is 13.3. The molecule has 1 atom stereocenters. The van der Waals surface area contributed by atoms with Crippen molar-refractivity contribution in [3.8, 4) is 0 Å². The molecule has 0 radical (unpaired) electrons. The van der Waals surface area contributed by atoms with E-state index >= 15 is 0 Å². The van der Waals surface area contributed by atoms with Gasteiger partial charge in [-0.05, 0) is 30.6 Å². The fourth-order valence-corrected chi connectivity index (χ4v) is 4.69. The minimum Gasteiger partial charge on any atom is -0.382 e. The number of sulfone groups is 1. The Balaban J connectivity index is 2.22. The van der Waals surface area contributed by atoms with E-state index < -0.39 is 9.84 Å². The molecule has 0 saturated heterocycles. The molecule has 0 amide bonds. The van der Waals surface area contributed by atoms with Gasteiger partial charge in [-0.25, -0.2) is 8.42 Å². The minimum absolute atomic E-state index is 0.131. The van der Waals surface area contributed by atoms with Crippen molar-refractivity contribution in [1.29, 1.82) is 0 Å². The zero-order valence-electron chi connectivity index (χ0n) is 10.3. The van der Waals surface area contributed by atoms with E-state index in [2.05, 4.69) is 16.6 Å². The lowest BCUT2D eigenvalue weighted by Crippen LogP contribution is -2.15. The maximum Gasteiger partial charge on any atom is 0.187 e. The third kappa shape index (κ3) is 2.75. The first-order valence-electron chi connectivity index (χ1n) is 5.72. The van der Waals surface area contributed by atoms with Gasteiger partial charge in [0.25, 0.3) is 0 Å². The van der Waals surface area contributed by atoms with Crippen LogP contribution >= 0.6 is 23.3 Å². The molecule has 1 unspecified atom stereocenters. The van der Waals surface area contributed by atoms with Gasteiger partial charge in [-0.2, -0.15) is 16.1 Å². The van der Waals surface area contributed by atoms with Crippen molar-refractivity contribution >= 4 is 44.0 Å². The number of thioether (sulfide) groups is 1. The van der Waals surface area contributed by atoms with E-state index in [4.69, 9.17) is 5.73 Å². The molecular weight excluding hydrogens is 290 g/mol. The van der Waals surface area contributed by atoms with E-state index in [1.54, 1.807) is 11.8 Å². The van der Waals surface area contributed by atoms with E-state index in [0.29, 0.717) is 16.8 Å². The van der Waals surface area contributed by atoms with Crippen LogP contribution < -0.4 is 11.1 Å². The quantitative estimate of drug-likeness (QED) is 0.834. The van der Waals surface area contributed by atoms with E-state index in [-0.39, 0.29) is 16.0 Å². The Bertz CT molecular complexity index is 522. The van der Waals surface area contributed by atoms with Gasteiger partial charge in [-0.1, -0.05) is 6.92 Å². The highest BCUT2D eigenvalue weighted by Crippen LogP contribution is 2.40. The average molecular weight is 307 g/mol. The minimum atomic E-state index is -3.28. The second kappa shape index (κ2) is 5.26. The van der Waals surface area contributed by atoms with E-state index in [1.807, 2.05) is 6.26 Å². The van der Waals surface area contributed by atoms with Crippen LogP contribution in [0.4, 0.5) is 10.8 Å². The lowest BCUT2D eigenvalue weighted by molar-refractivity contribution is 0.595. The summed E-state index contributed by atoms with van der Waals surface area (Å²) >= 11 is 2.85. The first-order valence-corrected chi connectivity index (χ1v) is 9.33. The summed E-state index contributed by atoms with van der Waals surface area (Å²) in [6, 6.07) is 0. The summed E-state index contributed by atoms with van der Waals surface area (Å²) in [5.41, 5.74) is 5.71. The van der Waals surface area contributed by atoms with Crippen molar-refractivity contribution in [3.05, 3.63) is 0 Å². The molecule has 1 aliphatic rings. The molecule has 1 fully saturated rings. The van der Waals surface area contributed by atoms with E-state index in [1.165, 1.54) is 0 Å². The molecule has 1 aromatic rings. The number of nitrogens with zero attached hydrogens (tertiary/aromatic N) is 1.